The molecule has 6 heteroatoms. The molecule has 14 heavy (non-hydrogen) atoms. The second kappa shape index (κ2) is 4.99. The second-order valence-electron chi connectivity index (χ2n) is 3.12. The number of rotatable bonds is 3. The number of amidine groups is 1. The van der Waals surface area contributed by atoms with E-state index < -0.39 is 0 Å². The van der Waals surface area contributed by atoms with E-state index in [0.717, 1.165) is 5.71 Å². The van der Waals surface area contributed by atoms with Crippen LogP contribution in [0.4, 0.5) is 0 Å². The molecule has 0 aromatic heterocycles. The van der Waals surface area contributed by atoms with Crippen molar-refractivity contribution in [3.05, 3.63) is 0 Å². The van der Waals surface area contributed by atoms with Crippen molar-refractivity contribution < 1.29 is 9.53 Å². The Kier molecular flexibility index (Phi) is 3.94. The Balaban J connectivity index is 2.37. The second-order valence-corrected chi connectivity index (χ2v) is 4.11. The zero-order valence-corrected chi connectivity index (χ0v) is 8.98. The normalized spacial score (nSPS) is 16.2. The first-order chi connectivity index (χ1) is 6.58. The lowest BCUT2D eigenvalue weighted by Gasteiger charge is -2.13. The Labute approximate surface area is 86.8 Å². The van der Waals surface area contributed by atoms with Gasteiger partial charge in [0.05, 0.1) is 18.2 Å². The number of thioether (sulfide) groups is 1. The Bertz CT molecular complexity index is 276. The highest BCUT2D eigenvalue weighted by Gasteiger charge is 2.14. The fraction of sp³-hybridized carbons (Fsp3) is 0.625. The standard InChI is InChI=1S/C8H13N3O2S/c1-5(2)13-7(12)3-6-4-14-8(9)11-10-6/h5H,3-4H2,1-2H3,(H2,9,11). The van der Waals surface area contributed by atoms with Crippen LogP contribution in [-0.4, -0.2) is 28.7 Å². The van der Waals surface area contributed by atoms with E-state index in [1.54, 1.807) is 0 Å². The highest BCUT2D eigenvalue weighted by Crippen LogP contribution is 2.08. The van der Waals surface area contributed by atoms with Crippen molar-refractivity contribution >= 4 is 28.6 Å². The monoisotopic (exact) mass is 215 g/mol. The number of hydrazone groups is 1. The van der Waals surface area contributed by atoms with Crippen LogP contribution >= 0.6 is 11.8 Å². The zero-order chi connectivity index (χ0) is 10.6. The van der Waals surface area contributed by atoms with Gasteiger partial charge in [-0.05, 0) is 13.8 Å². The number of carbonyl (C=O) groups is 1. The minimum atomic E-state index is -0.269. The summed E-state index contributed by atoms with van der Waals surface area (Å²) in [6, 6.07) is 0. The molecular weight excluding hydrogens is 202 g/mol. The molecule has 0 radical (unpaired) electrons. The summed E-state index contributed by atoms with van der Waals surface area (Å²) in [5.74, 6) is 0.313. The summed E-state index contributed by atoms with van der Waals surface area (Å²) in [7, 11) is 0. The molecule has 1 aliphatic heterocycles. The van der Waals surface area contributed by atoms with E-state index in [2.05, 4.69) is 10.5 Å². The summed E-state index contributed by atoms with van der Waals surface area (Å²) in [6.07, 6.45) is 0.108. The maximum atomic E-state index is 11.2. The van der Waals surface area contributed by atoms with Crippen LogP contribution in [0, 0.1) is 5.41 Å². The van der Waals surface area contributed by atoms with Crippen LogP contribution in [0.1, 0.15) is 20.3 Å². The van der Waals surface area contributed by atoms with E-state index in [1.165, 1.54) is 11.8 Å². The molecule has 0 aromatic carbocycles. The minimum absolute atomic E-state index is 0.0920. The Morgan fingerprint density at radius 2 is 2.50 bits per heavy atom. The molecule has 0 saturated heterocycles. The van der Waals surface area contributed by atoms with E-state index in [0.29, 0.717) is 10.9 Å². The van der Waals surface area contributed by atoms with Crippen molar-refractivity contribution in [2.45, 2.75) is 26.4 Å². The van der Waals surface area contributed by atoms with Crippen molar-refractivity contribution in [1.29, 1.82) is 5.41 Å². The van der Waals surface area contributed by atoms with Crippen molar-refractivity contribution in [1.82, 2.24) is 5.43 Å². The molecule has 1 rings (SSSR count). The predicted molar refractivity (Wildman–Crippen MR) is 56.6 cm³/mol. The van der Waals surface area contributed by atoms with E-state index in [-0.39, 0.29) is 18.5 Å². The first-order valence-corrected chi connectivity index (χ1v) is 5.28. The van der Waals surface area contributed by atoms with E-state index in [1.807, 2.05) is 13.8 Å². The van der Waals surface area contributed by atoms with Gasteiger partial charge < -0.3 is 4.74 Å². The lowest BCUT2D eigenvalue weighted by Crippen LogP contribution is -2.26. The van der Waals surface area contributed by atoms with Gasteiger partial charge in [0, 0.05) is 5.75 Å². The Morgan fingerprint density at radius 3 is 3.00 bits per heavy atom. The third-order valence-corrected chi connectivity index (χ3v) is 2.27. The SMILES string of the molecule is CC(C)OC(=O)CC1=NNC(=N)SC1. The molecule has 0 amide bonds. The smallest absolute Gasteiger partial charge is 0.311 e. The number of carbonyl (C=O) groups excluding carboxylic acids is 1. The van der Waals surface area contributed by atoms with Crippen molar-refractivity contribution in [3.63, 3.8) is 0 Å². The first kappa shape index (κ1) is 11.0. The summed E-state index contributed by atoms with van der Waals surface area (Å²) in [4.78, 5) is 11.2. The van der Waals surface area contributed by atoms with Crippen LogP contribution in [0.5, 0.6) is 0 Å². The van der Waals surface area contributed by atoms with Crippen LogP contribution in [0.2, 0.25) is 0 Å². The quantitative estimate of drug-likeness (QED) is 0.687. The topological polar surface area (TPSA) is 74.5 Å². The van der Waals surface area contributed by atoms with E-state index in [9.17, 15) is 4.79 Å². The molecule has 5 nitrogen and oxygen atoms in total. The number of esters is 1. The first-order valence-electron chi connectivity index (χ1n) is 4.30. The van der Waals surface area contributed by atoms with Crippen molar-refractivity contribution in [2.24, 2.45) is 5.10 Å². The molecule has 0 atom stereocenters. The van der Waals surface area contributed by atoms with Gasteiger partial charge in [-0.1, -0.05) is 11.8 Å². The number of hydrogen-bond acceptors (Lipinski definition) is 5. The molecule has 0 bridgehead atoms. The minimum Gasteiger partial charge on any atom is -0.463 e. The fourth-order valence-corrected chi connectivity index (χ4v) is 1.50. The van der Waals surface area contributed by atoms with Crippen molar-refractivity contribution in [2.75, 3.05) is 5.75 Å². The molecular formula is C8H13N3O2S. The van der Waals surface area contributed by atoms with Gasteiger partial charge in [-0.25, -0.2) is 0 Å². The molecule has 0 aromatic rings. The lowest BCUT2D eigenvalue weighted by atomic mass is 10.3. The van der Waals surface area contributed by atoms with Gasteiger partial charge in [-0.3, -0.25) is 15.6 Å². The molecule has 0 spiro atoms. The number of ether oxygens (including phenoxy) is 1. The molecule has 0 unspecified atom stereocenters. The van der Waals surface area contributed by atoms with Crippen LogP contribution in [0.25, 0.3) is 0 Å². The average molecular weight is 215 g/mol. The summed E-state index contributed by atoms with van der Waals surface area (Å²) in [5, 5.41) is 11.4. The molecule has 2 N–H and O–H groups in total. The summed E-state index contributed by atoms with van der Waals surface area (Å²) in [6.45, 7) is 3.62. The van der Waals surface area contributed by atoms with Crippen molar-refractivity contribution in [3.8, 4) is 0 Å². The fourth-order valence-electron chi connectivity index (χ4n) is 0.912. The van der Waals surface area contributed by atoms with Crippen LogP contribution in [0.15, 0.2) is 5.10 Å². The van der Waals surface area contributed by atoms with E-state index in [4.69, 9.17) is 10.1 Å². The number of hydrogen-bond donors (Lipinski definition) is 2. The molecule has 78 valence electrons. The van der Waals surface area contributed by atoms with Gasteiger partial charge in [-0.15, -0.1) is 0 Å². The van der Waals surface area contributed by atoms with E-state index >= 15 is 0 Å². The Hall–Kier alpha value is -1.04. The molecule has 1 heterocycles. The maximum absolute atomic E-state index is 11.2. The van der Waals surface area contributed by atoms with Crippen LogP contribution < -0.4 is 5.43 Å². The average Bonchev–Trinajstić information content (AvgIpc) is 2.07. The summed E-state index contributed by atoms with van der Waals surface area (Å²) >= 11 is 1.32. The lowest BCUT2D eigenvalue weighted by molar-refractivity contribution is -0.145. The highest BCUT2D eigenvalue weighted by molar-refractivity contribution is 8.14. The highest BCUT2D eigenvalue weighted by atomic mass is 32.2. The molecule has 0 fully saturated rings. The molecule has 1 aliphatic rings. The molecule has 0 aliphatic carbocycles. The third-order valence-electron chi connectivity index (χ3n) is 1.41. The largest absolute Gasteiger partial charge is 0.463 e. The van der Waals surface area contributed by atoms with Gasteiger partial charge >= 0.3 is 5.97 Å². The third kappa shape index (κ3) is 3.78. The zero-order valence-electron chi connectivity index (χ0n) is 8.16. The Morgan fingerprint density at radius 1 is 1.79 bits per heavy atom. The summed E-state index contributed by atoms with van der Waals surface area (Å²) in [5.41, 5.74) is 3.24. The van der Waals surface area contributed by atoms with Crippen LogP contribution in [0.3, 0.4) is 0 Å². The number of nitrogens with one attached hydrogen (secondary N) is 2. The maximum Gasteiger partial charge on any atom is 0.311 e. The van der Waals surface area contributed by atoms with Crippen LogP contribution in [-0.2, 0) is 9.53 Å². The van der Waals surface area contributed by atoms with Gasteiger partial charge in [0.2, 0.25) is 0 Å². The van der Waals surface area contributed by atoms with Gasteiger partial charge in [0.1, 0.15) is 0 Å². The molecule has 0 saturated carbocycles. The van der Waals surface area contributed by atoms with Gasteiger partial charge in [-0.2, -0.15) is 5.10 Å². The van der Waals surface area contributed by atoms with Gasteiger partial charge in [0.15, 0.2) is 5.17 Å². The predicted octanol–water partition coefficient (Wildman–Crippen LogP) is 0.955. The number of nitrogens with zero attached hydrogens (tertiary/aromatic N) is 1. The van der Waals surface area contributed by atoms with Gasteiger partial charge in [0.25, 0.3) is 0 Å². The summed E-state index contributed by atoms with van der Waals surface area (Å²) < 4.78 is 4.97.